The average Bonchev–Trinajstić information content (AvgIpc) is 3.23. The second kappa shape index (κ2) is 11.6. The fourth-order valence-corrected chi connectivity index (χ4v) is 5.57. The zero-order chi connectivity index (χ0) is 27.2. The first-order valence-corrected chi connectivity index (χ1v) is 13.5. The summed E-state index contributed by atoms with van der Waals surface area (Å²) >= 11 is 0. The second-order valence-electron chi connectivity index (χ2n) is 10.3. The summed E-state index contributed by atoms with van der Waals surface area (Å²) in [7, 11) is 0. The molecule has 2 fully saturated rings. The Hall–Kier alpha value is -4.33. The van der Waals surface area contributed by atoms with E-state index in [1.54, 1.807) is 9.80 Å². The van der Waals surface area contributed by atoms with Crippen molar-refractivity contribution in [2.75, 3.05) is 31.2 Å². The predicted molar refractivity (Wildman–Crippen MR) is 151 cm³/mol. The van der Waals surface area contributed by atoms with Gasteiger partial charge in [0, 0.05) is 25.3 Å². The average molecular weight is 526 g/mol. The molecule has 202 valence electrons. The van der Waals surface area contributed by atoms with Crippen LogP contribution in [-0.4, -0.2) is 59.5 Å². The van der Waals surface area contributed by atoms with Gasteiger partial charge in [-0.15, -0.1) is 0 Å². The van der Waals surface area contributed by atoms with Crippen molar-refractivity contribution >= 4 is 23.5 Å². The van der Waals surface area contributed by atoms with Crippen molar-refractivity contribution in [1.82, 2.24) is 20.4 Å². The Morgan fingerprint density at radius 3 is 2.10 bits per heavy atom. The molecule has 4 amide bonds. The van der Waals surface area contributed by atoms with E-state index in [0.29, 0.717) is 39.1 Å². The topological polar surface area (TPSA) is 85.0 Å². The Kier molecular flexibility index (Phi) is 7.81. The van der Waals surface area contributed by atoms with Crippen LogP contribution in [0, 0.1) is 0 Å². The van der Waals surface area contributed by atoms with E-state index in [-0.39, 0.29) is 30.4 Å². The van der Waals surface area contributed by atoms with Gasteiger partial charge in [0.2, 0.25) is 5.91 Å². The van der Waals surface area contributed by atoms with Crippen molar-refractivity contribution in [2.24, 2.45) is 0 Å². The third-order valence-electron chi connectivity index (χ3n) is 7.76. The predicted octanol–water partition coefficient (Wildman–Crippen LogP) is 3.91. The van der Waals surface area contributed by atoms with Gasteiger partial charge in [-0.2, -0.15) is 0 Å². The number of para-hydroxylation sites is 1. The summed E-state index contributed by atoms with van der Waals surface area (Å²) in [5.41, 5.74) is 2.20. The van der Waals surface area contributed by atoms with E-state index >= 15 is 0 Å². The number of urea groups is 1. The Balaban J connectivity index is 1.26. The number of carbonyl (C=O) groups is 3. The molecule has 0 radical (unpaired) electrons. The van der Waals surface area contributed by atoms with Gasteiger partial charge in [-0.1, -0.05) is 78.9 Å². The standard InChI is InChI=1S/C31H35N5O3/c1-24(26-13-7-3-8-14-26)33-28(37)22-35-23-36(27-15-9-4-10-16-27)31(29(35)38)17-19-34(20-18-31)30(39)32-21-25-11-5-2-6-12-25/h2-16,24H,17-23H2,1H3,(H,32,39)(H,33,37)/t24-/m1/s1. The summed E-state index contributed by atoms with van der Waals surface area (Å²) in [5.74, 6) is -0.249. The summed E-state index contributed by atoms with van der Waals surface area (Å²) < 4.78 is 0. The van der Waals surface area contributed by atoms with Crippen LogP contribution in [-0.2, 0) is 16.1 Å². The minimum atomic E-state index is -0.789. The van der Waals surface area contributed by atoms with Crippen molar-refractivity contribution in [3.8, 4) is 0 Å². The minimum absolute atomic E-state index is 0.0115. The molecule has 2 aliphatic rings. The van der Waals surface area contributed by atoms with Gasteiger partial charge in [0.15, 0.2) is 0 Å². The van der Waals surface area contributed by atoms with Crippen LogP contribution in [0.3, 0.4) is 0 Å². The molecular formula is C31H35N5O3. The zero-order valence-corrected chi connectivity index (χ0v) is 22.3. The summed E-state index contributed by atoms with van der Waals surface area (Å²) in [6, 6.07) is 29.1. The van der Waals surface area contributed by atoms with E-state index < -0.39 is 5.54 Å². The lowest BCUT2D eigenvalue weighted by atomic mass is 9.85. The highest BCUT2D eigenvalue weighted by Crippen LogP contribution is 2.39. The molecule has 0 aliphatic carbocycles. The summed E-state index contributed by atoms with van der Waals surface area (Å²) in [6.07, 6.45) is 0.996. The lowest BCUT2D eigenvalue weighted by Crippen LogP contribution is -2.58. The highest BCUT2D eigenvalue weighted by molar-refractivity contribution is 5.96. The molecule has 3 aromatic carbocycles. The summed E-state index contributed by atoms with van der Waals surface area (Å²) in [4.78, 5) is 45.3. The highest BCUT2D eigenvalue weighted by atomic mass is 16.2. The molecule has 2 aliphatic heterocycles. The van der Waals surface area contributed by atoms with Crippen LogP contribution < -0.4 is 15.5 Å². The molecule has 2 saturated heterocycles. The van der Waals surface area contributed by atoms with Crippen LogP contribution >= 0.6 is 0 Å². The van der Waals surface area contributed by atoms with Gasteiger partial charge in [-0.3, -0.25) is 9.59 Å². The molecule has 1 spiro atoms. The summed E-state index contributed by atoms with van der Waals surface area (Å²) in [5, 5.41) is 6.02. The molecule has 39 heavy (non-hydrogen) atoms. The third kappa shape index (κ3) is 5.74. The first-order valence-electron chi connectivity index (χ1n) is 13.5. The quantitative estimate of drug-likeness (QED) is 0.490. The van der Waals surface area contributed by atoms with E-state index in [2.05, 4.69) is 15.5 Å². The first-order chi connectivity index (χ1) is 19.0. The molecule has 1 atom stereocenters. The first kappa shape index (κ1) is 26.3. The minimum Gasteiger partial charge on any atom is -0.348 e. The molecule has 2 N–H and O–H groups in total. The molecule has 0 saturated carbocycles. The molecule has 5 rings (SSSR count). The largest absolute Gasteiger partial charge is 0.348 e. The van der Waals surface area contributed by atoms with Gasteiger partial charge in [-0.05, 0) is 43.0 Å². The fourth-order valence-electron chi connectivity index (χ4n) is 5.57. The number of amides is 4. The van der Waals surface area contributed by atoms with Gasteiger partial charge in [0.1, 0.15) is 12.1 Å². The number of benzene rings is 3. The van der Waals surface area contributed by atoms with Gasteiger partial charge in [-0.25, -0.2) is 4.79 Å². The van der Waals surface area contributed by atoms with Crippen molar-refractivity contribution in [3.05, 3.63) is 102 Å². The fraction of sp³-hybridized carbons (Fsp3) is 0.323. The van der Waals surface area contributed by atoms with Crippen molar-refractivity contribution in [2.45, 2.75) is 37.9 Å². The molecule has 0 bridgehead atoms. The molecule has 8 nitrogen and oxygen atoms in total. The molecule has 3 aromatic rings. The Morgan fingerprint density at radius 2 is 1.46 bits per heavy atom. The van der Waals surface area contributed by atoms with E-state index in [4.69, 9.17) is 0 Å². The van der Waals surface area contributed by atoms with Crippen LogP contribution in [0.5, 0.6) is 0 Å². The number of hydrogen-bond donors (Lipinski definition) is 2. The Morgan fingerprint density at radius 1 is 0.872 bits per heavy atom. The lowest BCUT2D eigenvalue weighted by molar-refractivity contribution is -0.137. The number of carbonyl (C=O) groups excluding carboxylic acids is 3. The van der Waals surface area contributed by atoms with Gasteiger partial charge >= 0.3 is 6.03 Å². The number of nitrogens with one attached hydrogen (secondary N) is 2. The van der Waals surface area contributed by atoms with Crippen LogP contribution in [0.4, 0.5) is 10.5 Å². The van der Waals surface area contributed by atoms with Crippen LogP contribution in [0.15, 0.2) is 91.0 Å². The number of rotatable bonds is 7. The molecule has 0 aromatic heterocycles. The highest BCUT2D eigenvalue weighted by Gasteiger charge is 2.54. The monoisotopic (exact) mass is 525 g/mol. The number of piperidine rings is 1. The second-order valence-corrected chi connectivity index (χ2v) is 10.3. The summed E-state index contributed by atoms with van der Waals surface area (Å²) in [6.45, 7) is 3.64. The van der Waals surface area contributed by atoms with Gasteiger partial charge in [0.25, 0.3) is 5.91 Å². The lowest BCUT2D eigenvalue weighted by Gasteiger charge is -2.43. The number of nitrogens with zero attached hydrogens (tertiary/aromatic N) is 3. The molecule has 2 heterocycles. The maximum absolute atomic E-state index is 13.9. The van der Waals surface area contributed by atoms with E-state index in [1.165, 1.54) is 0 Å². The number of hydrogen-bond acceptors (Lipinski definition) is 4. The third-order valence-corrected chi connectivity index (χ3v) is 7.76. The van der Waals surface area contributed by atoms with Crippen molar-refractivity contribution < 1.29 is 14.4 Å². The van der Waals surface area contributed by atoms with Crippen molar-refractivity contribution in [1.29, 1.82) is 0 Å². The maximum Gasteiger partial charge on any atom is 0.317 e. The van der Waals surface area contributed by atoms with Gasteiger partial charge in [0.05, 0.1) is 12.7 Å². The Labute approximate surface area is 229 Å². The van der Waals surface area contributed by atoms with Crippen LogP contribution in [0.2, 0.25) is 0 Å². The Bertz CT molecular complexity index is 1280. The maximum atomic E-state index is 13.9. The normalized spacial score (nSPS) is 17.3. The van der Waals surface area contributed by atoms with E-state index in [1.807, 2.05) is 97.9 Å². The molecule has 0 unspecified atom stereocenters. The smallest absolute Gasteiger partial charge is 0.317 e. The van der Waals surface area contributed by atoms with Crippen molar-refractivity contribution in [3.63, 3.8) is 0 Å². The van der Waals surface area contributed by atoms with Crippen LogP contribution in [0.25, 0.3) is 0 Å². The van der Waals surface area contributed by atoms with Gasteiger partial charge < -0.3 is 25.3 Å². The molecular weight excluding hydrogens is 490 g/mol. The van der Waals surface area contributed by atoms with Crippen LogP contribution in [0.1, 0.15) is 36.9 Å². The number of anilines is 1. The SMILES string of the molecule is C[C@@H](NC(=O)CN1CN(c2ccccc2)C2(CCN(C(=O)NCc3ccccc3)CC2)C1=O)c1ccccc1. The number of likely N-dealkylation sites (tertiary alicyclic amines) is 1. The van der Waals surface area contributed by atoms with E-state index in [0.717, 1.165) is 16.8 Å². The zero-order valence-electron chi connectivity index (χ0n) is 22.3. The molecule has 8 heteroatoms. The van der Waals surface area contributed by atoms with E-state index in [9.17, 15) is 14.4 Å².